The lowest BCUT2D eigenvalue weighted by molar-refractivity contribution is 0.144. The molecule has 1 saturated heterocycles. The van der Waals surface area contributed by atoms with Crippen molar-refractivity contribution < 1.29 is 4.79 Å². The molecule has 0 bridgehead atoms. The smallest absolute Gasteiger partial charge is 0.321 e. The van der Waals surface area contributed by atoms with Crippen LogP contribution >= 0.6 is 11.5 Å². The number of benzene rings is 1. The van der Waals surface area contributed by atoms with Crippen LogP contribution in [0.1, 0.15) is 12.8 Å². The normalized spacial score (nSPS) is 19.5. The van der Waals surface area contributed by atoms with E-state index in [1.54, 1.807) is 0 Å². The van der Waals surface area contributed by atoms with Crippen molar-refractivity contribution in [2.75, 3.05) is 38.0 Å². The molecular formula is C16H20N4OS. The predicted molar refractivity (Wildman–Crippen MR) is 89.4 cm³/mol. The van der Waals surface area contributed by atoms with E-state index in [2.05, 4.69) is 14.6 Å². The second-order valence-electron chi connectivity index (χ2n) is 6.24. The molecule has 0 unspecified atom stereocenters. The van der Waals surface area contributed by atoms with Crippen LogP contribution in [-0.2, 0) is 0 Å². The molecule has 4 rings (SSSR count). The lowest BCUT2D eigenvalue weighted by Crippen LogP contribution is -2.50. The number of carbonyl (C=O) groups is 1. The quantitative estimate of drug-likeness (QED) is 0.947. The number of piperazine rings is 1. The summed E-state index contributed by atoms with van der Waals surface area (Å²) in [5.74, 6) is 0.923. The first-order valence-corrected chi connectivity index (χ1v) is 8.68. The molecule has 1 aliphatic carbocycles. The van der Waals surface area contributed by atoms with E-state index in [1.165, 1.54) is 30.9 Å². The highest BCUT2D eigenvalue weighted by molar-refractivity contribution is 7.13. The molecule has 116 valence electrons. The number of aromatic nitrogens is 1. The molecular weight excluding hydrogens is 296 g/mol. The summed E-state index contributed by atoms with van der Waals surface area (Å²) in [5, 5.41) is 4.09. The molecule has 5 nitrogen and oxygen atoms in total. The van der Waals surface area contributed by atoms with Gasteiger partial charge in [0, 0.05) is 50.0 Å². The van der Waals surface area contributed by atoms with E-state index in [9.17, 15) is 4.79 Å². The van der Waals surface area contributed by atoms with Gasteiger partial charge in [0.1, 0.15) is 0 Å². The molecule has 2 fully saturated rings. The fourth-order valence-electron chi connectivity index (χ4n) is 2.95. The average molecular weight is 316 g/mol. The first kappa shape index (κ1) is 14.0. The van der Waals surface area contributed by atoms with Crippen molar-refractivity contribution in [3.63, 3.8) is 0 Å². The number of hydrogen-bond acceptors (Lipinski definition) is 4. The maximum atomic E-state index is 12.4. The molecule has 2 heterocycles. The number of urea groups is 1. The van der Waals surface area contributed by atoms with Gasteiger partial charge in [-0.05, 0) is 48.5 Å². The largest absolute Gasteiger partial charge is 0.322 e. The molecule has 22 heavy (non-hydrogen) atoms. The fraction of sp³-hybridized carbons (Fsp3) is 0.500. The van der Waals surface area contributed by atoms with E-state index >= 15 is 0 Å². The minimum atomic E-state index is 0.00797. The van der Waals surface area contributed by atoms with Crippen LogP contribution in [0.4, 0.5) is 10.5 Å². The van der Waals surface area contributed by atoms with Gasteiger partial charge in [0.2, 0.25) is 0 Å². The maximum Gasteiger partial charge on any atom is 0.321 e. The van der Waals surface area contributed by atoms with Crippen LogP contribution in [0.3, 0.4) is 0 Å². The number of amides is 2. The second kappa shape index (κ2) is 5.85. The molecule has 1 saturated carbocycles. The van der Waals surface area contributed by atoms with Crippen molar-refractivity contribution in [3.05, 3.63) is 24.4 Å². The first-order valence-electron chi connectivity index (χ1n) is 7.91. The molecule has 1 aliphatic heterocycles. The van der Waals surface area contributed by atoms with Gasteiger partial charge >= 0.3 is 6.03 Å². The van der Waals surface area contributed by atoms with E-state index in [0.29, 0.717) is 0 Å². The molecule has 1 aromatic carbocycles. The van der Waals surface area contributed by atoms with Gasteiger partial charge in [-0.15, -0.1) is 0 Å². The lowest BCUT2D eigenvalue weighted by Gasteiger charge is -2.34. The van der Waals surface area contributed by atoms with Crippen molar-refractivity contribution >= 4 is 33.3 Å². The Bertz CT molecular complexity index is 674. The zero-order valence-corrected chi connectivity index (χ0v) is 13.3. The molecule has 2 aliphatic rings. The molecule has 1 aromatic heterocycles. The molecule has 6 heteroatoms. The maximum absolute atomic E-state index is 12.4. The number of fused-ring (bicyclic) bond motifs is 1. The van der Waals surface area contributed by atoms with Gasteiger partial charge in [-0.3, -0.25) is 4.90 Å². The minimum absolute atomic E-state index is 0.00797. The molecule has 2 aromatic rings. The van der Waals surface area contributed by atoms with Gasteiger partial charge in [0.15, 0.2) is 0 Å². The summed E-state index contributed by atoms with van der Waals surface area (Å²) < 4.78 is 5.31. The van der Waals surface area contributed by atoms with Gasteiger partial charge in [-0.2, -0.15) is 4.37 Å². The summed E-state index contributed by atoms with van der Waals surface area (Å²) in [5.41, 5.74) is 0.845. The summed E-state index contributed by atoms with van der Waals surface area (Å²) in [6.45, 7) is 4.85. The van der Waals surface area contributed by atoms with Gasteiger partial charge in [0.25, 0.3) is 0 Å². The van der Waals surface area contributed by atoms with E-state index in [4.69, 9.17) is 0 Å². The standard InChI is InChI=1S/C16H20N4OS/c21-16(18-14-3-4-15-13(9-14)10-17-22-15)20-7-5-19(6-8-20)11-12-1-2-12/h3-4,9-10,12H,1-2,5-8,11H2,(H,18,21). The van der Waals surface area contributed by atoms with Crippen LogP contribution in [0.25, 0.3) is 10.1 Å². The predicted octanol–water partition coefficient (Wildman–Crippen LogP) is 2.86. The highest BCUT2D eigenvalue weighted by atomic mass is 32.1. The Balaban J connectivity index is 1.33. The van der Waals surface area contributed by atoms with Crippen LogP contribution in [0.15, 0.2) is 24.4 Å². The summed E-state index contributed by atoms with van der Waals surface area (Å²) in [6, 6.07) is 5.95. The van der Waals surface area contributed by atoms with Crippen molar-refractivity contribution in [1.29, 1.82) is 0 Å². The molecule has 0 radical (unpaired) electrons. The van der Waals surface area contributed by atoms with E-state index in [1.807, 2.05) is 29.3 Å². The van der Waals surface area contributed by atoms with Crippen molar-refractivity contribution in [1.82, 2.24) is 14.2 Å². The molecule has 0 spiro atoms. The fourth-order valence-corrected chi connectivity index (χ4v) is 3.58. The molecule has 1 N–H and O–H groups in total. The number of hydrogen-bond donors (Lipinski definition) is 1. The summed E-state index contributed by atoms with van der Waals surface area (Å²) in [7, 11) is 0. The number of anilines is 1. The zero-order chi connectivity index (χ0) is 14.9. The second-order valence-corrected chi connectivity index (χ2v) is 7.07. The highest BCUT2D eigenvalue weighted by Gasteiger charge is 2.27. The Morgan fingerprint density at radius 1 is 1.27 bits per heavy atom. The number of nitrogens with one attached hydrogen (secondary N) is 1. The van der Waals surface area contributed by atoms with Crippen LogP contribution in [0, 0.1) is 5.92 Å². The van der Waals surface area contributed by atoms with Crippen LogP contribution < -0.4 is 5.32 Å². The Kier molecular flexibility index (Phi) is 3.72. The topological polar surface area (TPSA) is 48.5 Å². The summed E-state index contributed by atoms with van der Waals surface area (Å²) in [6.07, 6.45) is 4.62. The van der Waals surface area contributed by atoms with E-state index in [-0.39, 0.29) is 6.03 Å². The van der Waals surface area contributed by atoms with E-state index in [0.717, 1.165) is 47.9 Å². The van der Waals surface area contributed by atoms with Crippen LogP contribution in [0.2, 0.25) is 0 Å². The van der Waals surface area contributed by atoms with Gasteiger partial charge in [-0.1, -0.05) is 0 Å². The number of nitrogens with zero attached hydrogens (tertiary/aromatic N) is 3. The third-order valence-corrected chi connectivity index (χ3v) is 5.26. The monoisotopic (exact) mass is 316 g/mol. The zero-order valence-electron chi connectivity index (χ0n) is 12.5. The Morgan fingerprint density at radius 2 is 2.09 bits per heavy atom. The van der Waals surface area contributed by atoms with Crippen LogP contribution in [0.5, 0.6) is 0 Å². The Labute approximate surface area is 134 Å². The number of rotatable bonds is 3. The summed E-state index contributed by atoms with van der Waals surface area (Å²) >= 11 is 1.47. The van der Waals surface area contributed by atoms with E-state index < -0.39 is 0 Å². The average Bonchev–Trinajstić information content (AvgIpc) is 3.22. The SMILES string of the molecule is O=C(Nc1ccc2sncc2c1)N1CCN(CC2CC2)CC1. The van der Waals surface area contributed by atoms with Crippen molar-refractivity contribution in [2.45, 2.75) is 12.8 Å². The van der Waals surface area contributed by atoms with Gasteiger partial charge in [-0.25, -0.2) is 4.79 Å². The Morgan fingerprint density at radius 3 is 2.86 bits per heavy atom. The number of carbonyl (C=O) groups excluding carboxylic acids is 1. The summed E-state index contributed by atoms with van der Waals surface area (Å²) in [4.78, 5) is 16.8. The lowest BCUT2D eigenvalue weighted by atomic mass is 10.2. The van der Waals surface area contributed by atoms with Crippen LogP contribution in [-0.4, -0.2) is 52.9 Å². The Hall–Kier alpha value is -1.66. The van der Waals surface area contributed by atoms with Crippen molar-refractivity contribution in [3.8, 4) is 0 Å². The van der Waals surface area contributed by atoms with Gasteiger partial charge < -0.3 is 10.2 Å². The minimum Gasteiger partial charge on any atom is -0.322 e. The third-order valence-electron chi connectivity index (χ3n) is 4.48. The highest BCUT2D eigenvalue weighted by Crippen LogP contribution is 2.30. The van der Waals surface area contributed by atoms with Crippen molar-refractivity contribution in [2.24, 2.45) is 5.92 Å². The molecule has 0 atom stereocenters. The first-order chi connectivity index (χ1) is 10.8. The molecule has 2 amide bonds. The third kappa shape index (κ3) is 3.08. The van der Waals surface area contributed by atoms with Gasteiger partial charge in [0.05, 0.1) is 4.70 Å².